The largest absolute Gasteiger partial charge is 0.326 e. The Morgan fingerprint density at radius 3 is 2.93 bits per heavy atom. The lowest BCUT2D eigenvalue weighted by Gasteiger charge is -2.23. The maximum Gasteiger partial charge on any atom is 0.160 e. The van der Waals surface area contributed by atoms with E-state index in [1.165, 1.54) is 24.1 Å². The van der Waals surface area contributed by atoms with Crippen molar-refractivity contribution in [1.82, 2.24) is 24.6 Å². The van der Waals surface area contributed by atoms with Crippen LogP contribution in [0, 0.1) is 11.7 Å². The summed E-state index contributed by atoms with van der Waals surface area (Å²) >= 11 is 0. The summed E-state index contributed by atoms with van der Waals surface area (Å²) in [7, 11) is 0. The highest BCUT2D eigenvalue weighted by Gasteiger charge is 2.31. The number of fused-ring (bicyclic) bond motifs is 1. The molecule has 1 N–H and O–H groups in total. The van der Waals surface area contributed by atoms with Gasteiger partial charge >= 0.3 is 0 Å². The van der Waals surface area contributed by atoms with E-state index in [1.54, 1.807) is 12.1 Å². The molecule has 0 spiro atoms. The zero-order chi connectivity index (χ0) is 18.2. The average molecular weight is 365 g/mol. The van der Waals surface area contributed by atoms with Crippen molar-refractivity contribution in [2.75, 3.05) is 6.54 Å². The van der Waals surface area contributed by atoms with Crippen molar-refractivity contribution in [3.8, 4) is 11.5 Å². The second-order valence-electron chi connectivity index (χ2n) is 7.67. The maximum absolute atomic E-state index is 13.2. The minimum Gasteiger partial charge on any atom is -0.326 e. The molecule has 0 radical (unpaired) electrons. The van der Waals surface area contributed by atoms with Crippen LogP contribution in [-0.4, -0.2) is 25.9 Å². The molecule has 5 nitrogen and oxygen atoms in total. The van der Waals surface area contributed by atoms with Crippen molar-refractivity contribution in [2.45, 2.75) is 44.8 Å². The van der Waals surface area contributed by atoms with Gasteiger partial charge in [0.05, 0.1) is 12.2 Å². The lowest BCUT2D eigenvalue weighted by molar-refractivity contribution is 0.380. The lowest BCUT2D eigenvalue weighted by Crippen LogP contribution is -2.28. The first-order valence-corrected chi connectivity index (χ1v) is 9.83. The van der Waals surface area contributed by atoms with E-state index in [-0.39, 0.29) is 5.82 Å². The van der Waals surface area contributed by atoms with Crippen molar-refractivity contribution in [3.63, 3.8) is 0 Å². The Morgan fingerprint density at radius 2 is 2.07 bits per heavy atom. The SMILES string of the molecule is Fc1ccc(C[C@@H]2CCC[C@@H]2n2ccnc2-c2cc3n(n2)CCNC3)cc1. The van der Waals surface area contributed by atoms with Gasteiger partial charge in [-0.25, -0.2) is 9.37 Å². The fourth-order valence-electron chi connectivity index (χ4n) is 4.63. The molecule has 1 aliphatic heterocycles. The van der Waals surface area contributed by atoms with Gasteiger partial charge < -0.3 is 9.88 Å². The highest BCUT2D eigenvalue weighted by atomic mass is 19.1. The molecule has 1 fully saturated rings. The van der Waals surface area contributed by atoms with Crippen molar-refractivity contribution in [1.29, 1.82) is 0 Å². The predicted molar refractivity (Wildman–Crippen MR) is 102 cm³/mol. The molecule has 0 bridgehead atoms. The fourth-order valence-corrected chi connectivity index (χ4v) is 4.63. The summed E-state index contributed by atoms with van der Waals surface area (Å²) in [5, 5.41) is 8.19. The van der Waals surface area contributed by atoms with Gasteiger partial charge in [0.2, 0.25) is 0 Å². The molecule has 3 heterocycles. The molecule has 6 heteroatoms. The molecular weight excluding hydrogens is 341 g/mol. The number of halogens is 1. The Balaban J connectivity index is 1.42. The Hall–Kier alpha value is -2.47. The minimum absolute atomic E-state index is 0.170. The van der Waals surface area contributed by atoms with E-state index in [1.807, 2.05) is 18.3 Å². The van der Waals surface area contributed by atoms with Crippen molar-refractivity contribution in [2.24, 2.45) is 5.92 Å². The van der Waals surface area contributed by atoms with Gasteiger partial charge in [-0.15, -0.1) is 0 Å². The molecule has 140 valence electrons. The minimum atomic E-state index is -0.170. The molecule has 2 aromatic heterocycles. The molecule has 0 amide bonds. The second kappa shape index (κ2) is 6.93. The van der Waals surface area contributed by atoms with E-state index in [2.05, 4.69) is 31.8 Å². The van der Waals surface area contributed by atoms with Crippen LogP contribution in [0.2, 0.25) is 0 Å². The van der Waals surface area contributed by atoms with Gasteiger partial charge in [-0.05, 0) is 48.9 Å². The van der Waals surface area contributed by atoms with Crippen molar-refractivity contribution >= 4 is 0 Å². The van der Waals surface area contributed by atoms with Crippen LogP contribution in [0.15, 0.2) is 42.7 Å². The van der Waals surface area contributed by atoms with Crippen LogP contribution in [-0.2, 0) is 19.5 Å². The third kappa shape index (κ3) is 3.18. The molecule has 2 atom stereocenters. The summed E-state index contributed by atoms with van der Waals surface area (Å²) in [6.45, 7) is 2.74. The predicted octanol–water partition coefficient (Wildman–Crippen LogP) is 3.57. The molecule has 2 aliphatic rings. The first-order chi connectivity index (χ1) is 13.3. The molecule has 0 unspecified atom stereocenters. The molecule has 1 saturated carbocycles. The number of hydrogen-bond donors (Lipinski definition) is 1. The zero-order valence-electron chi connectivity index (χ0n) is 15.3. The Labute approximate surface area is 158 Å². The molecule has 27 heavy (non-hydrogen) atoms. The Kier molecular flexibility index (Phi) is 4.28. The number of nitrogens with one attached hydrogen (secondary N) is 1. The third-order valence-corrected chi connectivity index (χ3v) is 5.95. The van der Waals surface area contributed by atoms with Gasteiger partial charge in [0, 0.05) is 31.5 Å². The summed E-state index contributed by atoms with van der Waals surface area (Å²) in [5.74, 6) is 1.34. The molecule has 3 aromatic rings. The van der Waals surface area contributed by atoms with Crippen LogP contribution < -0.4 is 5.32 Å². The van der Waals surface area contributed by atoms with Gasteiger partial charge in [0.1, 0.15) is 11.5 Å². The highest BCUT2D eigenvalue weighted by molar-refractivity contribution is 5.51. The number of nitrogens with zero attached hydrogens (tertiary/aromatic N) is 4. The lowest BCUT2D eigenvalue weighted by atomic mass is 9.94. The number of benzene rings is 1. The van der Waals surface area contributed by atoms with Gasteiger partial charge in [-0.2, -0.15) is 5.10 Å². The Morgan fingerprint density at radius 1 is 1.19 bits per heavy atom. The standard InChI is InChI=1S/C21H24FN5/c22-17-6-4-15(5-7-17)12-16-2-1-3-20(16)26-10-9-24-21(26)19-13-18-14-23-8-11-27(18)25-19/h4-7,9-10,13,16,20,23H,1-3,8,11-12,14H2/t16-,20-/m0/s1. The van der Waals surface area contributed by atoms with E-state index < -0.39 is 0 Å². The maximum atomic E-state index is 13.2. The summed E-state index contributed by atoms with van der Waals surface area (Å²) in [6, 6.07) is 9.53. The fraction of sp³-hybridized carbons (Fsp3) is 0.429. The van der Waals surface area contributed by atoms with E-state index in [0.29, 0.717) is 12.0 Å². The number of rotatable bonds is 4. The van der Waals surface area contributed by atoms with E-state index in [4.69, 9.17) is 5.10 Å². The van der Waals surface area contributed by atoms with E-state index in [0.717, 1.165) is 44.0 Å². The molecule has 1 aliphatic carbocycles. The topological polar surface area (TPSA) is 47.7 Å². The zero-order valence-corrected chi connectivity index (χ0v) is 15.3. The first kappa shape index (κ1) is 16.7. The van der Waals surface area contributed by atoms with Crippen molar-refractivity contribution < 1.29 is 4.39 Å². The van der Waals surface area contributed by atoms with Gasteiger partial charge in [0.25, 0.3) is 0 Å². The molecule has 0 saturated heterocycles. The first-order valence-electron chi connectivity index (χ1n) is 9.83. The smallest absolute Gasteiger partial charge is 0.160 e. The summed E-state index contributed by atoms with van der Waals surface area (Å²) in [6.07, 6.45) is 8.54. The van der Waals surface area contributed by atoms with Crippen LogP contribution in [0.5, 0.6) is 0 Å². The third-order valence-electron chi connectivity index (χ3n) is 5.95. The quantitative estimate of drug-likeness (QED) is 0.769. The summed E-state index contributed by atoms with van der Waals surface area (Å²) in [5.41, 5.74) is 3.39. The van der Waals surface area contributed by atoms with E-state index >= 15 is 0 Å². The highest BCUT2D eigenvalue weighted by Crippen LogP contribution is 2.40. The monoisotopic (exact) mass is 365 g/mol. The number of imidazole rings is 1. The van der Waals surface area contributed by atoms with Crippen LogP contribution in [0.4, 0.5) is 4.39 Å². The van der Waals surface area contributed by atoms with Gasteiger partial charge in [-0.1, -0.05) is 18.6 Å². The summed E-state index contributed by atoms with van der Waals surface area (Å²) < 4.78 is 17.6. The van der Waals surface area contributed by atoms with Crippen LogP contribution >= 0.6 is 0 Å². The van der Waals surface area contributed by atoms with Crippen LogP contribution in [0.3, 0.4) is 0 Å². The van der Waals surface area contributed by atoms with Gasteiger partial charge in [0.15, 0.2) is 5.82 Å². The molecule has 5 rings (SSSR count). The molecule has 1 aromatic carbocycles. The molecular formula is C21H24FN5. The van der Waals surface area contributed by atoms with E-state index in [9.17, 15) is 4.39 Å². The number of aromatic nitrogens is 4. The second-order valence-corrected chi connectivity index (χ2v) is 7.67. The van der Waals surface area contributed by atoms with Crippen LogP contribution in [0.25, 0.3) is 11.5 Å². The van der Waals surface area contributed by atoms with Crippen molar-refractivity contribution in [3.05, 3.63) is 59.8 Å². The normalized spacial score (nSPS) is 22.1. The Bertz CT molecular complexity index is 903. The number of hydrogen-bond acceptors (Lipinski definition) is 3. The van der Waals surface area contributed by atoms with Crippen LogP contribution in [0.1, 0.15) is 36.6 Å². The summed E-state index contributed by atoms with van der Waals surface area (Å²) in [4.78, 5) is 4.64. The average Bonchev–Trinajstić information content (AvgIpc) is 3.41. The van der Waals surface area contributed by atoms with Gasteiger partial charge in [-0.3, -0.25) is 4.68 Å².